The number of fused-ring (bicyclic) bond motifs is 1. The predicted molar refractivity (Wildman–Crippen MR) is 43.6 cm³/mol. The molecule has 0 unspecified atom stereocenters. The molecular weight excluding hydrogens is 160 g/mol. The number of hydrogen-bond acceptors (Lipinski definition) is 1. The number of alkyl halides is 2. The van der Waals surface area contributed by atoms with Crippen molar-refractivity contribution in [3.8, 4) is 0 Å². The van der Waals surface area contributed by atoms with Crippen molar-refractivity contribution in [2.45, 2.75) is 5.92 Å². The summed E-state index contributed by atoms with van der Waals surface area (Å²) in [6.07, 6.45) is 0. The average molecular weight is 169 g/mol. The summed E-state index contributed by atoms with van der Waals surface area (Å²) in [4.78, 5) is 1.58. The maximum Gasteiger partial charge on any atom is 0.292 e. The van der Waals surface area contributed by atoms with Gasteiger partial charge in [-0.2, -0.15) is 8.78 Å². The third kappa shape index (κ3) is 0.891. The summed E-state index contributed by atoms with van der Waals surface area (Å²) in [7, 11) is 1.68. The molecule has 0 saturated carbocycles. The van der Waals surface area contributed by atoms with Crippen LogP contribution in [0.3, 0.4) is 0 Å². The van der Waals surface area contributed by atoms with E-state index in [2.05, 4.69) is 0 Å². The van der Waals surface area contributed by atoms with Gasteiger partial charge in [0.1, 0.15) is 0 Å². The largest absolute Gasteiger partial charge is 0.368 e. The van der Waals surface area contributed by atoms with Crippen molar-refractivity contribution in [3.63, 3.8) is 0 Å². The zero-order chi connectivity index (χ0) is 8.77. The fourth-order valence-corrected chi connectivity index (χ4v) is 1.58. The van der Waals surface area contributed by atoms with Gasteiger partial charge in [-0.05, 0) is 6.07 Å². The Labute approximate surface area is 69.6 Å². The van der Waals surface area contributed by atoms with E-state index < -0.39 is 5.92 Å². The molecule has 12 heavy (non-hydrogen) atoms. The molecule has 0 aromatic heterocycles. The zero-order valence-corrected chi connectivity index (χ0v) is 6.72. The molecule has 1 aromatic rings. The molecule has 0 amide bonds. The average Bonchev–Trinajstić information content (AvgIpc) is 2.25. The molecule has 0 saturated heterocycles. The van der Waals surface area contributed by atoms with Crippen molar-refractivity contribution in [3.05, 3.63) is 29.8 Å². The Morgan fingerprint density at radius 1 is 1.33 bits per heavy atom. The third-order valence-corrected chi connectivity index (χ3v) is 2.15. The minimum atomic E-state index is -2.68. The molecule has 0 spiro atoms. The van der Waals surface area contributed by atoms with E-state index in [4.69, 9.17) is 0 Å². The Bertz CT molecular complexity index is 309. The van der Waals surface area contributed by atoms with Crippen LogP contribution in [-0.2, 0) is 5.92 Å². The Kier molecular flexibility index (Phi) is 1.37. The van der Waals surface area contributed by atoms with Crippen LogP contribution in [0.5, 0.6) is 0 Å². The molecule has 64 valence electrons. The van der Waals surface area contributed by atoms with E-state index in [0.29, 0.717) is 5.69 Å². The molecule has 0 bridgehead atoms. The van der Waals surface area contributed by atoms with E-state index in [1.807, 2.05) is 0 Å². The number of para-hydroxylation sites is 1. The quantitative estimate of drug-likeness (QED) is 0.575. The molecule has 1 aliphatic rings. The third-order valence-electron chi connectivity index (χ3n) is 2.15. The molecule has 2 rings (SSSR count). The van der Waals surface area contributed by atoms with Gasteiger partial charge < -0.3 is 4.90 Å². The fraction of sp³-hybridized carbons (Fsp3) is 0.333. The van der Waals surface area contributed by atoms with E-state index >= 15 is 0 Å². The number of hydrogen-bond donors (Lipinski definition) is 0. The minimum absolute atomic E-state index is 0.146. The summed E-state index contributed by atoms with van der Waals surface area (Å²) < 4.78 is 26.3. The SMILES string of the molecule is CN1CC(F)(F)c2ccccc21. The normalized spacial score (nSPS) is 19.4. The summed E-state index contributed by atoms with van der Waals surface area (Å²) in [5.41, 5.74) is 0.787. The number of rotatable bonds is 0. The van der Waals surface area contributed by atoms with Gasteiger partial charge in [0, 0.05) is 18.3 Å². The number of likely N-dealkylation sites (N-methyl/N-ethyl adjacent to an activating group) is 1. The standard InChI is InChI=1S/C9H9F2N/c1-12-6-9(10,11)7-4-2-3-5-8(7)12/h2-5H,6H2,1H3. The van der Waals surface area contributed by atoms with Crippen LogP contribution in [-0.4, -0.2) is 13.6 Å². The smallest absolute Gasteiger partial charge is 0.292 e. The molecule has 0 N–H and O–H groups in total. The van der Waals surface area contributed by atoms with Gasteiger partial charge in [-0.1, -0.05) is 18.2 Å². The topological polar surface area (TPSA) is 3.24 Å². The first-order valence-corrected chi connectivity index (χ1v) is 3.80. The lowest BCUT2D eigenvalue weighted by atomic mass is 10.1. The Balaban J connectivity index is 2.58. The first kappa shape index (κ1) is 7.53. The van der Waals surface area contributed by atoms with Crippen molar-refractivity contribution in [2.75, 3.05) is 18.5 Å². The van der Waals surface area contributed by atoms with E-state index in [-0.39, 0.29) is 12.1 Å². The second-order valence-corrected chi connectivity index (χ2v) is 3.08. The van der Waals surface area contributed by atoms with Crippen LogP contribution in [0, 0.1) is 0 Å². The summed E-state index contributed by atoms with van der Waals surface area (Å²) >= 11 is 0. The molecular formula is C9H9F2N. The molecule has 1 heterocycles. The minimum Gasteiger partial charge on any atom is -0.368 e. The van der Waals surface area contributed by atoms with Gasteiger partial charge in [0.2, 0.25) is 0 Å². The molecule has 0 radical (unpaired) electrons. The van der Waals surface area contributed by atoms with Crippen molar-refractivity contribution < 1.29 is 8.78 Å². The van der Waals surface area contributed by atoms with Crippen molar-refractivity contribution in [2.24, 2.45) is 0 Å². The van der Waals surface area contributed by atoms with Crippen LogP contribution < -0.4 is 4.90 Å². The van der Waals surface area contributed by atoms with Crippen LogP contribution >= 0.6 is 0 Å². The highest BCUT2D eigenvalue weighted by molar-refractivity contribution is 5.59. The van der Waals surface area contributed by atoms with Gasteiger partial charge in [0.25, 0.3) is 5.92 Å². The number of halogens is 2. The van der Waals surface area contributed by atoms with Crippen LogP contribution in [0.15, 0.2) is 24.3 Å². The van der Waals surface area contributed by atoms with E-state index in [1.54, 1.807) is 30.1 Å². The predicted octanol–water partition coefficient (Wildman–Crippen LogP) is 2.23. The van der Waals surface area contributed by atoms with Crippen LogP contribution in [0.25, 0.3) is 0 Å². The number of nitrogens with zero attached hydrogens (tertiary/aromatic N) is 1. The van der Waals surface area contributed by atoms with E-state index in [9.17, 15) is 8.78 Å². The molecule has 0 atom stereocenters. The summed E-state index contributed by atoms with van der Waals surface area (Å²) in [5.74, 6) is -2.68. The Morgan fingerprint density at radius 3 is 2.67 bits per heavy atom. The van der Waals surface area contributed by atoms with Gasteiger partial charge in [-0.25, -0.2) is 0 Å². The van der Waals surface area contributed by atoms with E-state index in [1.165, 1.54) is 6.07 Å². The highest BCUT2D eigenvalue weighted by atomic mass is 19.3. The second kappa shape index (κ2) is 2.19. The zero-order valence-electron chi connectivity index (χ0n) is 6.72. The first-order chi connectivity index (χ1) is 5.61. The van der Waals surface area contributed by atoms with Crippen molar-refractivity contribution in [1.29, 1.82) is 0 Å². The van der Waals surface area contributed by atoms with Crippen molar-refractivity contribution >= 4 is 5.69 Å². The maximum atomic E-state index is 13.1. The summed E-state index contributed by atoms with van der Waals surface area (Å²) in [5, 5.41) is 0. The Hall–Kier alpha value is -1.12. The van der Waals surface area contributed by atoms with Gasteiger partial charge >= 0.3 is 0 Å². The first-order valence-electron chi connectivity index (χ1n) is 3.80. The Morgan fingerprint density at radius 2 is 2.00 bits per heavy atom. The monoisotopic (exact) mass is 169 g/mol. The molecule has 1 aromatic carbocycles. The highest BCUT2D eigenvalue weighted by Gasteiger charge is 2.41. The highest BCUT2D eigenvalue weighted by Crippen LogP contribution is 2.41. The van der Waals surface area contributed by atoms with Crippen LogP contribution in [0.1, 0.15) is 5.56 Å². The molecule has 3 heteroatoms. The number of benzene rings is 1. The maximum absolute atomic E-state index is 13.1. The molecule has 1 aliphatic heterocycles. The molecule has 1 nitrogen and oxygen atoms in total. The molecule has 0 aliphatic carbocycles. The van der Waals surface area contributed by atoms with Crippen LogP contribution in [0.4, 0.5) is 14.5 Å². The lowest BCUT2D eigenvalue weighted by Crippen LogP contribution is -2.22. The summed E-state index contributed by atoms with van der Waals surface area (Å²) in [6.45, 7) is -0.202. The van der Waals surface area contributed by atoms with Gasteiger partial charge in [0.05, 0.1) is 6.54 Å². The summed E-state index contributed by atoms with van der Waals surface area (Å²) in [6, 6.07) is 6.62. The fourth-order valence-electron chi connectivity index (χ4n) is 1.58. The molecule has 0 fully saturated rings. The van der Waals surface area contributed by atoms with Gasteiger partial charge in [-0.3, -0.25) is 0 Å². The van der Waals surface area contributed by atoms with Crippen molar-refractivity contribution in [1.82, 2.24) is 0 Å². The lowest BCUT2D eigenvalue weighted by molar-refractivity contribution is 0.0148. The lowest BCUT2D eigenvalue weighted by Gasteiger charge is -2.10. The number of anilines is 1. The van der Waals surface area contributed by atoms with Crippen LogP contribution in [0.2, 0.25) is 0 Å². The van der Waals surface area contributed by atoms with E-state index in [0.717, 1.165) is 0 Å². The van der Waals surface area contributed by atoms with Gasteiger partial charge in [0.15, 0.2) is 0 Å². The van der Waals surface area contributed by atoms with Gasteiger partial charge in [-0.15, -0.1) is 0 Å². The second-order valence-electron chi connectivity index (χ2n) is 3.08.